The molecule has 0 aromatic heterocycles. The second-order valence-corrected chi connectivity index (χ2v) is 9.57. The van der Waals surface area contributed by atoms with Crippen LogP contribution < -0.4 is 4.89 Å². The Morgan fingerprint density at radius 3 is 1.71 bits per heavy atom. The van der Waals surface area contributed by atoms with E-state index in [1.54, 1.807) is 0 Å². The van der Waals surface area contributed by atoms with Crippen molar-refractivity contribution in [2.75, 3.05) is 46.0 Å². The number of carbonyl (C=O) groups is 1. The number of hydrogen-bond acceptors (Lipinski definition) is 7. The number of phosphoric ester groups is 1. The molecule has 0 radical (unpaired) electrons. The maximum absolute atomic E-state index is 11.7. The normalized spacial score (nSPS) is 13.7. The molecule has 0 aromatic carbocycles. The zero-order valence-corrected chi connectivity index (χ0v) is 20.8. The highest BCUT2D eigenvalue weighted by Crippen LogP contribution is 2.38. The number of ether oxygens (including phenoxy) is 1. The SMILES string of the molecule is C=C(C)C(=O)OCCOP(=O)([O-])OCCC[N+](CCC)(CCC)CCC.O=P(O)(O)O. The van der Waals surface area contributed by atoms with Crippen molar-refractivity contribution in [3.63, 3.8) is 0 Å². The average Bonchev–Trinajstić information content (AvgIpc) is 2.61. The first-order chi connectivity index (χ1) is 14.2. The van der Waals surface area contributed by atoms with E-state index in [0.717, 1.165) is 49.9 Å². The van der Waals surface area contributed by atoms with Gasteiger partial charge in [0.1, 0.15) is 6.61 Å². The maximum atomic E-state index is 11.7. The Bertz CT molecular complexity index is 583. The highest BCUT2D eigenvalue weighted by Gasteiger charge is 2.24. The van der Waals surface area contributed by atoms with Gasteiger partial charge in [0.15, 0.2) is 0 Å². The van der Waals surface area contributed by atoms with E-state index in [4.69, 9.17) is 33.0 Å². The van der Waals surface area contributed by atoms with Crippen molar-refractivity contribution in [2.24, 2.45) is 0 Å². The summed E-state index contributed by atoms with van der Waals surface area (Å²) >= 11 is 0. The Hall–Kier alpha value is -0.610. The van der Waals surface area contributed by atoms with Crippen LogP contribution in [0.25, 0.3) is 0 Å². The molecule has 0 heterocycles. The second kappa shape index (κ2) is 16.9. The predicted octanol–water partition coefficient (Wildman–Crippen LogP) is 2.12. The Kier molecular flexibility index (Phi) is 17.8. The molecule has 31 heavy (non-hydrogen) atoms. The molecule has 0 aromatic rings. The lowest BCUT2D eigenvalue weighted by Crippen LogP contribution is -2.50. The third-order valence-electron chi connectivity index (χ3n) is 4.03. The highest BCUT2D eigenvalue weighted by molar-refractivity contribution is 7.45. The minimum absolute atomic E-state index is 0.101. The van der Waals surface area contributed by atoms with Crippen LogP contribution in [0.5, 0.6) is 0 Å². The van der Waals surface area contributed by atoms with Gasteiger partial charge in [-0.2, -0.15) is 0 Å². The lowest BCUT2D eigenvalue weighted by atomic mass is 10.2. The molecule has 3 N–H and O–H groups in total. The standard InChI is InChI=1S/C18H36NO6P.H3O4P/c1-6-10-19(11-7-2,12-8-3)13-9-14-24-26(21,22)25-16-15-23-18(20)17(4)5;1-5(2,3)4/h4,6-16H2,1-3,5H3;(H3,1,2,3,4). The Morgan fingerprint density at radius 1 is 0.903 bits per heavy atom. The van der Waals surface area contributed by atoms with Gasteiger partial charge in [-0.1, -0.05) is 27.4 Å². The molecule has 186 valence electrons. The number of esters is 1. The van der Waals surface area contributed by atoms with Gasteiger partial charge in [-0.15, -0.1) is 0 Å². The fourth-order valence-electron chi connectivity index (χ4n) is 3.11. The molecular formula is C18H39NO10P2. The van der Waals surface area contributed by atoms with Crippen molar-refractivity contribution in [3.8, 4) is 0 Å². The first kappa shape index (κ1) is 32.6. The van der Waals surface area contributed by atoms with Gasteiger partial charge in [0, 0.05) is 12.0 Å². The summed E-state index contributed by atoms with van der Waals surface area (Å²) in [6, 6.07) is 0. The summed E-state index contributed by atoms with van der Waals surface area (Å²) in [5.74, 6) is -0.577. The molecule has 1 atom stereocenters. The van der Waals surface area contributed by atoms with Gasteiger partial charge in [0.05, 0.1) is 39.4 Å². The molecule has 0 rings (SSSR count). The van der Waals surface area contributed by atoms with Crippen LogP contribution >= 0.6 is 15.6 Å². The Balaban J connectivity index is 0. The number of rotatable bonds is 16. The van der Waals surface area contributed by atoms with Gasteiger partial charge < -0.3 is 37.8 Å². The minimum Gasteiger partial charge on any atom is -0.756 e. The van der Waals surface area contributed by atoms with E-state index in [-0.39, 0.29) is 25.4 Å². The van der Waals surface area contributed by atoms with Gasteiger partial charge in [-0.25, -0.2) is 9.36 Å². The van der Waals surface area contributed by atoms with E-state index in [1.165, 1.54) is 6.92 Å². The number of carbonyl (C=O) groups excluding carboxylic acids is 1. The minimum atomic E-state index is -4.64. The van der Waals surface area contributed by atoms with Crippen molar-refractivity contribution in [3.05, 3.63) is 12.2 Å². The van der Waals surface area contributed by atoms with Crippen LogP contribution in [0.15, 0.2) is 12.2 Å². The molecule has 0 aliphatic carbocycles. The fourth-order valence-corrected chi connectivity index (χ4v) is 3.84. The third-order valence-corrected chi connectivity index (χ3v) is 5.03. The molecule has 0 fully saturated rings. The summed E-state index contributed by atoms with van der Waals surface area (Å²) in [4.78, 5) is 44.5. The summed E-state index contributed by atoms with van der Waals surface area (Å²) in [5.41, 5.74) is 0.249. The quantitative estimate of drug-likeness (QED) is 0.0958. The summed E-state index contributed by atoms with van der Waals surface area (Å²) in [6.45, 7) is 15.3. The van der Waals surface area contributed by atoms with E-state index in [0.29, 0.717) is 6.42 Å². The van der Waals surface area contributed by atoms with Crippen LogP contribution in [0.4, 0.5) is 0 Å². The van der Waals surface area contributed by atoms with Gasteiger partial charge in [-0.3, -0.25) is 4.57 Å². The smallest absolute Gasteiger partial charge is 0.466 e. The molecule has 13 heteroatoms. The lowest BCUT2D eigenvalue weighted by molar-refractivity contribution is -0.928. The van der Waals surface area contributed by atoms with Crippen LogP contribution in [0.3, 0.4) is 0 Å². The summed E-state index contributed by atoms with van der Waals surface area (Å²) in [5, 5.41) is 0. The molecule has 0 aliphatic heterocycles. The van der Waals surface area contributed by atoms with Crippen LogP contribution in [0.1, 0.15) is 53.4 Å². The van der Waals surface area contributed by atoms with E-state index in [1.807, 2.05) is 0 Å². The molecule has 0 amide bonds. The summed E-state index contributed by atoms with van der Waals surface area (Å²) < 4.78 is 36.0. The van der Waals surface area contributed by atoms with Crippen LogP contribution in [0, 0.1) is 0 Å². The first-order valence-electron chi connectivity index (χ1n) is 10.3. The summed E-state index contributed by atoms with van der Waals surface area (Å²) in [7, 11) is -9.01. The summed E-state index contributed by atoms with van der Waals surface area (Å²) in [6.07, 6.45) is 3.97. The van der Waals surface area contributed by atoms with E-state index in [2.05, 4.69) is 27.4 Å². The van der Waals surface area contributed by atoms with Crippen molar-refractivity contribution >= 4 is 21.6 Å². The highest BCUT2D eigenvalue weighted by atomic mass is 31.2. The Morgan fingerprint density at radius 2 is 1.32 bits per heavy atom. The number of hydrogen-bond donors (Lipinski definition) is 3. The van der Waals surface area contributed by atoms with E-state index in [9.17, 15) is 14.3 Å². The van der Waals surface area contributed by atoms with Crippen LogP contribution in [-0.2, 0) is 27.7 Å². The number of phosphoric acid groups is 2. The first-order valence-corrected chi connectivity index (χ1v) is 13.3. The van der Waals surface area contributed by atoms with Crippen molar-refractivity contribution < 1.29 is 51.8 Å². The van der Waals surface area contributed by atoms with Crippen molar-refractivity contribution in [1.82, 2.24) is 0 Å². The van der Waals surface area contributed by atoms with Gasteiger partial charge in [-0.05, 0) is 26.2 Å². The predicted molar refractivity (Wildman–Crippen MR) is 115 cm³/mol. The van der Waals surface area contributed by atoms with Gasteiger partial charge >= 0.3 is 13.8 Å². The fraction of sp³-hybridized carbons (Fsp3) is 0.833. The largest absolute Gasteiger partial charge is 0.756 e. The van der Waals surface area contributed by atoms with Gasteiger partial charge in [0.25, 0.3) is 7.82 Å². The van der Waals surface area contributed by atoms with Gasteiger partial charge in [0.2, 0.25) is 0 Å². The molecule has 1 unspecified atom stereocenters. The zero-order chi connectivity index (χ0) is 24.6. The molecule has 0 aliphatic rings. The maximum Gasteiger partial charge on any atom is 0.466 e. The molecular weight excluding hydrogens is 452 g/mol. The number of nitrogens with zero attached hydrogens (tertiary/aromatic N) is 1. The molecule has 0 spiro atoms. The third kappa shape index (κ3) is 21.0. The molecule has 0 saturated heterocycles. The van der Waals surface area contributed by atoms with E-state index < -0.39 is 21.6 Å². The lowest BCUT2D eigenvalue weighted by Gasteiger charge is -2.38. The van der Waals surface area contributed by atoms with Crippen LogP contribution in [-0.4, -0.2) is 71.1 Å². The van der Waals surface area contributed by atoms with Crippen LogP contribution in [0.2, 0.25) is 0 Å². The van der Waals surface area contributed by atoms with E-state index >= 15 is 0 Å². The molecule has 0 saturated carbocycles. The number of quaternary nitrogens is 1. The second-order valence-electron chi connectivity index (χ2n) is 7.13. The van der Waals surface area contributed by atoms with Crippen molar-refractivity contribution in [1.29, 1.82) is 0 Å². The monoisotopic (exact) mass is 491 g/mol. The average molecular weight is 491 g/mol. The molecule has 0 bridgehead atoms. The zero-order valence-electron chi connectivity index (χ0n) is 19.0. The van der Waals surface area contributed by atoms with Crippen molar-refractivity contribution in [2.45, 2.75) is 53.4 Å². The topological polar surface area (TPSA) is 163 Å². The molecule has 11 nitrogen and oxygen atoms in total. The Labute approximate surface area is 185 Å².